The summed E-state index contributed by atoms with van der Waals surface area (Å²) in [7, 11) is 1.86. The number of amides is 1. The average Bonchev–Trinajstić information content (AvgIpc) is 3.04. The predicted octanol–water partition coefficient (Wildman–Crippen LogP) is 3.68. The van der Waals surface area contributed by atoms with Crippen molar-refractivity contribution < 1.29 is 18.0 Å². The fraction of sp³-hybridized carbons (Fsp3) is 0.526. The number of aryl methyl sites for hydroxylation is 1. The summed E-state index contributed by atoms with van der Waals surface area (Å²) in [5.74, 6) is 0.0285. The van der Waals surface area contributed by atoms with Crippen molar-refractivity contribution in [2.75, 3.05) is 22.6 Å². The number of pyridine rings is 1. The van der Waals surface area contributed by atoms with Gasteiger partial charge in [0.15, 0.2) is 0 Å². The quantitative estimate of drug-likeness (QED) is 0.711. The molecule has 30 heavy (non-hydrogen) atoms. The lowest BCUT2D eigenvalue weighted by Gasteiger charge is -2.34. The molecule has 2 aromatic heterocycles. The number of anilines is 3. The third-order valence-electron chi connectivity index (χ3n) is 5.01. The van der Waals surface area contributed by atoms with E-state index in [-0.39, 0.29) is 32.0 Å². The highest BCUT2D eigenvalue weighted by molar-refractivity contribution is 7.59. The number of halogens is 3. The van der Waals surface area contributed by atoms with Crippen LogP contribution in [0.2, 0.25) is 0 Å². The van der Waals surface area contributed by atoms with Crippen LogP contribution in [0.1, 0.15) is 31.5 Å². The molecule has 0 radical (unpaired) electrons. The Balaban J connectivity index is 0.00000320. The Morgan fingerprint density at radius 2 is 2.07 bits per heavy atom. The van der Waals surface area contributed by atoms with Gasteiger partial charge in [0, 0.05) is 44.4 Å². The van der Waals surface area contributed by atoms with Crippen LogP contribution in [0.4, 0.5) is 30.4 Å². The number of hydrogen-bond acceptors (Lipinski definition) is 5. The van der Waals surface area contributed by atoms with E-state index in [2.05, 4.69) is 20.7 Å². The maximum atomic E-state index is 12.5. The van der Waals surface area contributed by atoms with Gasteiger partial charge in [0.25, 0.3) is 0 Å². The van der Waals surface area contributed by atoms with Gasteiger partial charge in [0.2, 0.25) is 5.91 Å². The fourth-order valence-corrected chi connectivity index (χ4v) is 3.36. The van der Waals surface area contributed by atoms with E-state index in [0.29, 0.717) is 23.7 Å². The molecule has 0 aliphatic carbocycles. The first-order chi connectivity index (χ1) is 13.5. The molecule has 166 valence electrons. The van der Waals surface area contributed by atoms with Crippen molar-refractivity contribution in [1.29, 1.82) is 0 Å². The topological polar surface area (TPSA) is 75.1 Å². The highest BCUT2D eigenvalue weighted by Crippen LogP contribution is 2.35. The van der Waals surface area contributed by atoms with Gasteiger partial charge in [-0.1, -0.05) is 6.92 Å². The number of alkyl halides is 3. The van der Waals surface area contributed by atoms with Crippen LogP contribution in [0.5, 0.6) is 0 Å². The molecule has 7 nitrogen and oxygen atoms in total. The summed E-state index contributed by atoms with van der Waals surface area (Å²) in [5, 5.41) is 10.3. The largest absolute Gasteiger partial charge is 0.389 e. The minimum absolute atomic E-state index is 0. The minimum atomic E-state index is -4.17. The second kappa shape index (κ2) is 9.15. The zero-order chi connectivity index (χ0) is 21.3. The van der Waals surface area contributed by atoms with E-state index in [4.69, 9.17) is 0 Å². The van der Waals surface area contributed by atoms with Gasteiger partial charge in [0.05, 0.1) is 23.3 Å². The van der Waals surface area contributed by atoms with Crippen LogP contribution in [-0.4, -0.2) is 39.9 Å². The molecule has 0 spiro atoms. The van der Waals surface area contributed by atoms with Crippen molar-refractivity contribution in [3.63, 3.8) is 0 Å². The smallest absolute Gasteiger partial charge is 0.366 e. The number of hydrogen-bond donors (Lipinski definition) is 2. The lowest BCUT2D eigenvalue weighted by molar-refractivity contribution is -0.144. The lowest BCUT2D eigenvalue weighted by Crippen LogP contribution is -2.44. The number of nitrogens with one attached hydrogen (secondary N) is 2. The normalized spacial score (nSPS) is 17.1. The van der Waals surface area contributed by atoms with E-state index in [1.165, 1.54) is 4.68 Å². The Morgan fingerprint density at radius 3 is 2.73 bits per heavy atom. The average molecular weight is 445 g/mol. The molecule has 1 amide bonds. The van der Waals surface area contributed by atoms with Crippen LogP contribution < -0.4 is 15.5 Å². The number of rotatable bonds is 6. The van der Waals surface area contributed by atoms with Gasteiger partial charge >= 0.3 is 6.18 Å². The Kier molecular flexibility index (Phi) is 7.27. The van der Waals surface area contributed by atoms with E-state index in [1.54, 1.807) is 19.3 Å². The summed E-state index contributed by atoms with van der Waals surface area (Å²) < 4.78 is 39.0. The first kappa shape index (κ1) is 23.8. The van der Waals surface area contributed by atoms with Crippen molar-refractivity contribution in [2.45, 2.75) is 52.5 Å². The second-order valence-electron chi connectivity index (χ2n) is 7.61. The molecule has 3 rings (SSSR count). The summed E-state index contributed by atoms with van der Waals surface area (Å²) in [5.41, 5.74) is 3.13. The standard InChI is InChI=1S/C19H25F3N6O.H2S/c1-11(6-19(20,21)22)9-28-10-14(8-24-28)7-23-16-5-15-17(12(2)25-16)26-18(29)13(3)27(15)4;/h5,8,10-11,13H,6-7,9H2,1-4H3,(H,23,25)(H,26,29);1H2/t11?,13-;/m0./s1. The number of carbonyl (C=O) groups excluding carboxylic acids is 1. The molecule has 1 aliphatic heterocycles. The third-order valence-corrected chi connectivity index (χ3v) is 5.01. The molecule has 2 aromatic rings. The van der Waals surface area contributed by atoms with Gasteiger partial charge in [-0.15, -0.1) is 0 Å². The van der Waals surface area contributed by atoms with E-state index in [9.17, 15) is 18.0 Å². The zero-order valence-electron chi connectivity index (χ0n) is 17.3. The summed E-state index contributed by atoms with van der Waals surface area (Å²) in [4.78, 5) is 18.4. The van der Waals surface area contributed by atoms with Crippen molar-refractivity contribution in [1.82, 2.24) is 14.8 Å². The molecule has 0 bridgehead atoms. The summed E-state index contributed by atoms with van der Waals surface area (Å²) in [6, 6.07) is 1.59. The van der Waals surface area contributed by atoms with Gasteiger partial charge in [-0.2, -0.15) is 31.8 Å². The van der Waals surface area contributed by atoms with Gasteiger partial charge in [-0.3, -0.25) is 9.48 Å². The molecule has 0 saturated heterocycles. The molecule has 0 aromatic carbocycles. The monoisotopic (exact) mass is 444 g/mol. The Hall–Kier alpha value is -2.43. The number of aromatic nitrogens is 3. The maximum Gasteiger partial charge on any atom is 0.389 e. The zero-order valence-corrected chi connectivity index (χ0v) is 18.3. The summed E-state index contributed by atoms with van der Waals surface area (Å²) in [6.45, 7) is 5.86. The molecule has 1 aliphatic rings. The minimum Gasteiger partial charge on any atom is -0.366 e. The van der Waals surface area contributed by atoms with Crippen LogP contribution in [0.15, 0.2) is 18.5 Å². The van der Waals surface area contributed by atoms with E-state index in [1.807, 2.05) is 31.9 Å². The number of carbonyl (C=O) groups is 1. The lowest BCUT2D eigenvalue weighted by atomic mass is 10.1. The SMILES string of the molecule is Cc1nc(NCc2cnn(CC(C)CC(F)(F)F)c2)cc2c1NC(=O)[C@H](C)N2C.S. The Labute approximate surface area is 180 Å². The molecule has 0 saturated carbocycles. The number of nitrogens with zero attached hydrogens (tertiary/aromatic N) is 4. The highest BCUT2D eigenvalue weighted by Gasteiger charge is 2.30. The summed E-state index contributed by atoms with van der Waals surface area (Å²) in [6.07, 6.45) is -1.63. The predicted molar refractivity (Wildman–Crippen MR) is 115 cm³/mol. The molecular formula is C19H27F3N6OS. The summed E-state index contributed by atoms with van der Waals surface area (Å²) >= 11 is 0. The third kappa shape index (κ3) is 5.59. The van der Waals surface area contributed by atoms with Crippen molar-refractivity contribution in [3.05, 3.63) is 29.7 Å². The molecular weight excluding hydrogens is 417 g/mol. The molecule has 1 unspecified atom stereocenters. The number of fused-ring (bicyclic) bond motifs is 1. The highest BCUT2D eigenvalue weighted by atomic mass is 32.1. The second-order valence-corrected chi connectivity index (χ2v) is 7.61. The molecule has 2 N–H and O–H groups in total. The number of likely N-dealkylation sites (N-methyl/N-ethyl adjacent to an activating group) is 1. The Morgan fingerprint density at radius 1 is 1.37 bits per heavy atom. The van der Waals surface area contributed by atoms with Crippen LogP contribution in [0.3, 0.4) is 0 Å². The molecule has 2 atom stereocenters. The van der Waals surface area contributed by atoms with Gasteiger partial charge in [0.1, 0.15) is 11.9 Å². The van der Waals surface area contributed by atoms with E-state index >= 15 is 0 Å². The van der Waals surface area contributed by atoms with Crippen molar-refractivity contribution in [2.24, 2.45) is 5.92 Å². The van der Waals surface area contributed by atoms with Crippen LogP contribution >= 0.6 is 13.5 Å². The van der Waals surface area contributed by atoms with Crippen LogP contribution in [0, 0.1) is 12.8 Å². The van der Waals surface area contributed by atoms with Gasteiger partial charge < -0.3 is 15.5 Å². The first-order valence-electron chi connectivity index (χ1n) is 9.41. The van der Waals surface area contributed by atoms with Gasteiger partial charge in [-0.25, -0.2) is 4.98 Å². The van der Waals surface area contributed by atoms with Gasteiger partial charge in [-0.05, 0) is 19.8 Å². The van der Waals surface area contributed by atoms with Crippen LogP contribution in [-0.2, 0) is 17.9 Å². The molecule has 11 heteroatoms. The van der Waals surface area contributed by atoms with E-state index in [0.717, 1.165) is 11.3 Å². The van der Waals surface area contributed by atoms with E-state index < -0.39 is 18.5 Å². The molecule has 3 heterocycles. The first-order valence-corrected chi connectivity index (χ1v) is 9.41. The maximum absolute atomic E-state index is 12.5. The van der Waals surface area contributed by atoms with Crippen molar-refractivity contribution in [3.8, 4) is 0 Å². The Bertz CT molecular complexity index is 901. The fourth-order valence-electron chi connectivity index (χ4n) is 3.36. The molecule has 0 fully saturated rings. The van der Waals surface area contributed by atoms with Crippen molar-refractivity contribution >= 4 is 36.6 Å². The van der Waals surface area contributed by atoms with Crippen LogP contribution in [0.25, 0.3) is 0 Å².